The van der Waals surface area contributed by atoms with Gasteiger partial charge in [0.2, 0.25) is 5.95 Å². The van der Waals surface area contributed by atoms with Gasteiger partial charge in [0, 0.05) is 13.1 Å². The van der Waals surface area contributed by atoms with Gasteiger partial charge in [0.05, 0.1) is 33.5 Å². The normalized spacial score (nSPS) is 12.0. The second-order valence-corrected chi connectivity index (χ2v) is 8.64. The SMILES string of the molecule is CC(C)CN(CC(C)C)c1cc2nc(Nc3ccccc3C(F)(F)F)[nH]c2cc1C(=O)O. The Labute approximate surface area is 184 Å². The number of hydrogen-bond acceptors (Lipinski definition) is 4. The molecule has 0 spiro atoms. The second kappa shape index (κ2) is 9.10. The number of aromatic amines is 1. The minimum Gasteiger partial charge on any atom is -0.478 e. The molecule has 6 nitrogen and oxygen atoms in total. The molecule has 0 aliphatic heterocycles. The Kier molecular flexibility index (Phi) is 6.66. The number of H-pyrrole nitrogens is 1. The van der Waals surface area contributed by atoms with E-state index >= 15 is 0 Å². The molecule has 3 rings (SSSR count). The van der Waals surface area contributed by atoms with E-state index in [9.17, 15) is 23.1 Å². The largest absolute Gasteiger partial charge is 0.478 e. The van der Waals surface area contributed by atoms with Gasteiger partial charge in [-0.2, -0.15) is 13.2 Å². The molecular weight excluding hydrogens is 421 g/mol. The Morgan fingerprint density at radius 2 is 1.75 bits per heavy atom. The summed E-state index contributed by atoms with van der Waals surface area (Å²) in [5.41, 5.74) is 0.596. The van der Waals surface area contributed by atoms with Gasteiger partial charge in [-0.3, -0.25) is 0 Å². The first-order chi connectivity index (χ1) is 15.0. The van der Waals surface area contributed by atoms with Crippen LogP contribution in [0.5, 0.6) is 0 Å². The first kappa shape index (κ1) is 23.4. The highest BCUT2D eigenvalue weighted by Gasteiger charge is 2.33. The van der Waals surface area contributed by atoms with E-state index in [1.165, 1.54) is 24.3 Å². The third-order valence-electron chi connectivity index (χ3n) is 4.83. The van der Waals surface area contributed by atoms with Crippen molar-refractivity contribution in [3.05, 3.63) is 47.5 Å². The van der Waals surface area contributed by atoms with Crippen LogP contribution in [0.25, 0.3) is 11.0 Å². The number of para-hydroxylation sites is 1. The number of aromatic nitrogens is 2. The number of hydrogen-bond donors (Lipinski definition) is 3. The van der Waals surface area contributed by atoms with Gasteiger partial charge in [-0.05, 0) is 36.1 Å². The lowest BCUT2D eigenvalue weighted by Crippen LogP contribution is -2.32. The minimum absolute atomic E-state index is 0.101. The highest BCUT2D eigenvalue weighted by molar-refractivity contribution is 6.00. The van der Waals surface area contributed by atoms with E-state index in [0.717, 1.165) is 6.07 Å². The Balaban J connectivity index is 2.05. The number of nitrogens with zero attached hydrogens (tertiary/aromatic N) is 2. The molecule has 0 amide bonds. The number of imidazole rings is 1. The molecule has 0 aliphatic rings. The third-order valence-corrected chi connectivity index (χ3v) is 4.83. The number of anilines is 3. The van der Waals surface area contributed by atoms with Crippen molar-refractivity contribution in [3.63, 3.8) is 0 Å². The van der Waals surface area contributed by atoms with E-state index in [1.807, 2.05) is 4.90 Å². The van der Waals surface area contributed by atoms with Gasteiger partial charge >= 0.3 is 12.1 Å². The van der Waals surface area contributed by atoms with Crippen LogP contribution in [0.2, 0.25) is 0 Å². The van der Waals surface area contributed by atoms with E-state index in [0.29, 0.717) is 41.6 Å². The molecule has 0 saturated heterocycles. The second-order valence-electron chi connectivity index (χ2n) is 8.64. The monoisotopic (exact) mass is 448 g/mol. The summed E-state index contributed by atoms with van der Waals surface area (Å²) in [4.78, 5) is 21.3. The molecule has 0 atom stereocenters. The number of nitrogens with one attached hydrogen (secondary N) is 2. The number of fused-ring (bicyclic) bond motifs is 1. The van der Waals surface area contributed by atoms with Gasteiger partial charge in [0.15, 0.2) is 0 Å². The zero-order chi connectivity index (χ0) is 23.6. The first-order valence-electron chi connectivity index (χ1n) is 10.4. The molecule has 1 aromatic heterocycles. The van der Waals surface area contributed by atoms with E-state index in [4.69, 9.17) is 0 Å². The molecule has 1 heterocycles. The number of aromatic carboxylic acids is 1. The summed E-state index contributed by atoms with van der Waals surface area (Å²) < 4.78 is 39.9. The highest BCUT2D eigenvalue weighted by Crippen LogP contribution is 2.36. The Hall–Kier alpha value is -3.23. The van der Waals surface area contributed by atoms with E-state index in [-0.39, 0.29) is 17.2 Å². The van der Waals surface area contributed by atoms with Crippen LogP contribution in [0.3, 0.4) is 0 Å². The van der Waals surface area contributed by atoms with Crippen LogP contribution in [0.15, 0.2) is 36.4 Å². The maximum absolute atomic E-state index is 13.3. The first-order valence-corrected chi connectivity index (χ1v) is 10.4. The summed E-state index contributed by atoms with van der Waals surface area (Å²) in [5, 5.41) is 12.5. The number of carboxylic acid groups (broad SMARTS) is 1. The van der Waals surface area contributed by atoms with Crippen LogP contribution >= 0.6 is 0 Å². The number of benzene rings is 2. The van der Waals surface area contributed by atoms with Gasteiger partial charge in [-0.15, -0.1) is 0 Å². The lowest BCUT2D eigenvalue weighted by atomic mass is 10.1. The van der Waals surface area contributed by atoms with E-state index in [2.05, 4.69) is 43.0 Å². The summed E-state index contributed by atoms with van der Waals surface area (Å²) in [6.45, 7) is 9.56. The van der Waals surface area contributed by atoms with E-state index in [1.54, 1.807) is 6.07 Å². The number of rotatable bonds is 8. The minimum atomic E-state index is -4.52. The fourth-order valence-electron chi connectivity index (χ4n) is 3.66. The van der Waals surface area contributed by atoms with Gasteiger partial charge in [0.1, 0.15) is 0 Å². The molecule has 0 saturated carbocycles. The maximum atomic E-state index is 13.3. The fourth-order valence-corrected chi connectivity index (χ4v) is 3.66. The van der Waals surface area contributed by atoms with Crippen molar-refractivity contribution >= 4 is 34.3 Å². The van der Waals surface area contributed by atoms with Crippen LogP contribution in [0, 0.1) is 11.8 Å². The average Bonchev–Trinajstić information content (AvgIpc) is 3.06. The standard InChI is InChI=1S/C23H27F3N4O2/c1-13(2)11-30(12-14(3)4)20-10-19-18(9-15(20)21(31)32)28-22(29-19)27-17-8-6-5-7-16(17)23(24,25)26/h5-10,13-14H,11-12H2,1-4H3,(H,31,32)(H2,27,28,29). The molecule has 0 aliphatic carbocycles. The van der Waals surface area contributed by atoms with Crippen molar-refractivity contribution in [2.75, 3.05) is 23.3 Å². The fraction of sp³-hybridized carbons (Fsp3) is 0.391. The zero-order valence-corrected chi connectivity index (χ0v) is 18.4. The number of alkyl halides is 3. The van der Waals surface area contributed by atoms with Gasteiger partial charge in [-0.1, -0.05) is 39.8 Å². The predicted molar refractivity (Wildman–Crippen MR) is 120 cm³/mol. The maximum Gasteiger partial charge on any atom is 0.418 e. The summed E-state index contributed by atoms with van der Waals surface area (Å²) in [7, 11) is 0. The molecule has 32 heavy (non-hydrogen) atoms. The summed E-state index contributed by atoms with van der Waals surface area (Å²) in [5.74, 6) is -0.363. The Bertz CT molecular complexity index is 1100. The molecule has 0 radical (unpaired) electrons. The molecule has 3 aromatic rings. The zero-order valence-electron chi connectivity index (χ0n) is 18.4. The number of halogens is 3. The lowest BCUT2D eigenvalue weighted by Gasteiger charge is -2.29. The molecule has 3 N–H and O–H groups in total. The van der Waals surface area contributed by atoms with Crippen LogP contribution in [0.4, 0.5) is 30.5 Å². The molecule has 0 unspecified atom stereocenters. The average molecular weight is 448 g/mol. The molecular formula is C23H27F3N4O2. The lowest BCUT2D eigenvalue weighted by molar-refractivity contribution is -0.136. The van der Waals surface area contributed by atoms with Crippen molar-refractivity contribution in [3.8, 4) is 0 Å². The van der Waals surface area contributed by atoms with Crippen molar-refractivity contribution in [2.45, 2.75) is 33.9 Å². The summed E-state index contributed by atoms with van der Waals surface area (Å²) in [6.07, 6.45) is -4.52. The smallest absolute Gasteiger partial charge is 0.418 e. The third kappa shape index (κ3) is 5.33. The van der Waals surface area contributed by atoms with Crippen molar-refractivity contribution in [1.82, 2.24) is 9.97 Å². The van der Waals surface area contributed by atoms with Crippen molar-refractivity contribution < 1.29 is 23.1 Å². The van der Waals surface area contributed by atoms with Gasteiger partial charge in [-0.25, -0.2) is 9.78 Å². The van der Waals surface area contributed by atoms with Crippen molar-refractivity contribution in [1.29, 1.82) is 0 Å². The van der Waals surface area contributed by atoms with Gasteiger partial charge < -0.3 is 20.3 Å². The molecule has 2 aromatic carbocycles. The Morgan fingerprint density at radius 1 is 1.12 bits per heavy atom. The van der Waals surface area contributed by atoms with E-state index < -0.39 is 17.7 Å². The predicted octanol–water partition coefficient (Wildman–Crippen LogP) is 6.14. The molecule has 9 heteroatoms. The quantitative estimate of drug-likeness (QED) is 0.386. The molecule has 172 valence electrons. The van der Waals surface area contributed by atoms with Crippen LogP contribution < -0.4 is 10.2 Å². The number of carbonyl (C=O) groups is 1. The summed E-state index contributed by atoms with van der Waals surface area (Å²) >= 11 is 0. The Morgan fingerprint density at radius 3 is 2.31 bits per heavy atom. The van der Waals surface area contributed by atoms with Crippen LogP contribution in [-0.2, 0) is 6.18 Å². The van der Waals surface area contributed by atoms with Crippen LogP contribution in [0.1, 0.15) is 43.6 Å². The van der Waals surface area contributed by atoms with Gasteiger partial charge in [0.25, 0.3) is 0 Å². The topological polar surface area (TPSA) is 81.2 Å². The van der Waals surface area contributed by atoms with Crippen molar-refractivity contribution in [2.24, 2.45) is 11.8 Å². The summed E-state index contributed by atoms with van der Waals surface area (Å²) in [6, 6.07) is 8.28. The molecule has 0 fully saturated rings. The number of carboxylic acids is 1. The molecule has 0 bridgehead atoms. The highest BCUT2D eigenvalue weighted by atomic mass is 19.4. The van der Waals surface area contributed by atoms with Crippen LogP contribution in [-0.4, -0.2) is 34.1 Å².